The van der Waals surface area contributed by atoms with Crippen molar-refractivity contribution in [1.82, 2.24) is 5.32 Å². The number of carbonyl (C=O) groups is 1. The molecule has 0 aromatic rings. The summed E-state index contributed by atoms with van der Waals surface area (Å²) in [5.74, 6) is -0.630. The van der Waals surface area contributed by atoms with Gasteiger partial charge in [-0.2, -0.15) is 0 Å². The molecule has 3 aliphatic heterocycles. The van der Waals surface area contributed by atoms with Crippen LogP contribution in [0.15, 0.2) is 0 Å². The van der Waals surface area contributed by atoms with Crippen LogP contribution in [0.1, 0.15) is 13.8 Å². The summed E-state index contributed by atoms with van der Waals surface area (Å²) < 4.78 is 27.4. The third-order valence-electron chi connectivity index (χ3n) is 6.46. The third kappa shape index (κ3) is 5.97. The van der Waals surface area contributed by atoms with Crippen LogP contribution in [0.4, 0.5) is 0 Å². The summed E-state index contributed by atoms with van der Waals surface area (Å²) in [7, 11) is 0. The Balaban J connectivity index is 1.86. The van der Waals surface area contributed by atoms with Gasteiger partial charge in [-0.3, -0.25) is 4.79 Å². The number of aliphatic hydroxyl groups is 9. The summed E-state index contributed by atoms with van der Waals surface area (Å²) in [5.41, 5.74) is 0. The number of rotatable bonds is 7. The Kier molecular flexibility index (Phi) is 9.97. The summed E-state index contributed by atoms with van der Waals surface area (Å²) in [5, 5.41) is 93.6. The molecule has 16 nitrogen and oxygen atoms in total. The van der Waals surface area contributed by atoms with Gasteiger partial charge in [0, 0.05) is 6.92 Å². The molecule has 3 saturated heterocycles. The molecule has 1 amide bonds. The first kappa shape index (κ1) is 29.5. The molecule has 0 aromatic heterocycles. The van der Waals surface area contributed by atoms with Crippen LogP contribution in [0.3, 0.4) is 0 Å². The van der Waals surface area contributed by atoms with Crippen molar-refractivity contribution in [1.29, 1.82) is 0 Å². The van der Waals surface area contributed by atoms with E-state index in [4.69, 9.17) is 23.7 Å². The Labute approximate surface area is 205 Å². The van der Waals surface area contributed by atoms with Crippen LogP contribution in [-0.2, 0) is 28.5 Å². The molecule has 16 heteroatoms. The van der Waals surface area contributed by atoms with Gasteiger partial charge in [-0.1, -0.05) is 0 Å². The topological polar surface area (TPSA) is 257 Å². The second kappa shape index (κ2) is 12.2. The molecule has 0 radical (unpaired) electrons. The van der Waals surface area contributed by atoms with Crippen LogP contribution in [0, 0.1) is 0 Å². The van der Waals surface area contributed by atoms with Gasteiger partial charge in [0.2, 0.25) is 5.91 Å². The number of amides is 1. The number of carbonyl (C=O) groups excluding carboxylic acids is 1. The Hall–Kier alpha value is -1.09. The summed E-state index contributed by atoms with van der Waals surface area (Å²) >= 11 is 0. The van der Waals surface area contributed by atoms with E-state index in [1.54, 1.807) is 0 Å². The predicted octanol–water partition coefficient (Wildman–Crippen LogP) is -6.40. The lowest BCUT2D eigenvalue weighted by Gasteiger charge is -2.48. The van der Waals surface area contributed by atoms with Crippen molar-refractivity contribution in [2.24, 2.45) is 0 Å². The average Bonchev–Trinajstić information content (AvgIpc) is 2.83. The molecule has 0 aliphatic carbocycles. The zero-order valence-corrected chi connectivity index (χ0v) is 19.5. The largest absolute Gasteiger partial charge is 0.394 e. The lowest BCUT2D eigenvalue weighted by atomic mass is 9.95. The van der Waals surface area contributed by atoms with Gasteiger partial charge in [-0.15, -0.1) is 0 Å². The highest BCUT2D eigenvalue weighted by Gasteiger charge is 2.53. The molecule has 3 heterocycles. The number of ether oxygens (including phenoxy) is 5. The monoisotopic (exact) mass is 529 g/mol. The van der Waals surface area contributed by atoms with E-state index >= 15 is 0 Å². The van der Waals surface area contributed by atoms with E-state index in [1.165, 1.54) is 6.92 Å². The molecule has 0 aromatic carbocycles. The van der Waals surface area contributed by atoms with E-state index < -0.39 is 111 Å². The van der Waals surface area contributed by atoms with Crippen molar-refractivity contribution in [3.05, 3.63) is 0 Å². The van der Waals surface area contributed by atoms with Crippen LogP contribution in [-0.4, -0.2) is 157 Å². The molecule has 0 spiro atoms. The second-order valence-electron chi connectivity index (χ2n) is 9.05. The number of nitrogens with one attached hydrogen (secondary N) is 1. The molecule has 3 fully saturated rings. The molecule has 3 rings (SSSR count). The van der Waals surface area contributed by atoms with Gasteiger partial charge in [0.15, 0.2) is 18.9 Å². The van der Waals surface area contributed by atoms with Gasteiger partial charge in [-0.05, 0) is 6.92 Å². The highest BCUT2D eigenvalue weighted by molar-refractivity contribution is 5.73. The first-order valence-corrected chi connectivity index (χ1v) is 11.4. The van der Waals surface area contributed by atoms with Crippen molar-refractivity contribution in [2.75, 3.05) is 13.2 Å². The minimum atomic E-state index is -1.83. The lowest BCUT2D eigenvalue weighted by Crippen LogP contribution is -2.68. The SMILES string of the molecule is CC(=O)N[C@H]1C(O)[C@H](O)C(CO)O[C@H]1OC1[C@H](O)OC(C)[C@H](O)[C@@H]1O[C@H]1O[C@@H](CO)[C@@H](O)C(O)C1O. The zero-order chi connectivity index (χ0) is 26.9. The molecule has 6 unspecified atom stereocenters. The van der Waals surface area contributed by atoms with Crippen molar-refractivity contribution in [3.63, 3.8) is 0 Å². The molecule has 10 N–H and O–H groups in total. The van der Waals surface area contributed by atoms with Crippen molar-refractivity contribution in [2.45, 2.75) is 106 Å². The lowest BCUT2D eigenvalue weighted by molar-refractivity contribution is -0.378. The van der Waals surface area contributed by atoms with Gasteiger partial charge in [-0.25, -0.2) is 0 Å². The predicted molar refractivity (Wildman–Crippen MR) is 111 cm³/mol. The van der Waals surface area contributed by atoms with Gasteiger partial charge in [0.25, 0.3) is 0 Å². The fraction of sp³-hybridized carbons (Fsp3) is 0.950. The number of aliphatic hydroxyl groups excluding tert-OH is 9. The maximum Gasteiger partial charge on any atom is 0.217 e. The average molecular weight is 529 g/mol. The summed E-state index contributed by atoms with van der Waals surface area (Å²) in [6.07, 6.45) is -22.1. The van der Waals surface area contributed by atoms with E-state index in [0.29, 0.717) is 0 Å². The Morgan fingerprint density at radius 1 is 0.722 bits per heavy atom. The third-order valence-corrected chi connectivity index (χ3v) is 6.46. The van der Waals surface area contributed by atoms with Crippen LogP contribution >= 0.6 is 0 Å². The molecule has 36 heavy (non-hydrogen) atoms. The van der Waals surface area contributed by atoms with Crippen molar-refractivity contribution < 1.29 is 74.4 Å². The fourth-order valence-corrected chi connectivity index (χ4v) is 4.38. The van der Waals surface area contributed by atoms with E-state index in [-0.39, 0.29) is 0 Å². The highest BCUT2D eigenvalue weighted by atomic mass is 16.8. The second-order valence-corrected chi connectivity index (χ2v) is 9.05. The molecule has 0 bridgehead atoms. The molecule has 3 aliphatic rings. The van der Waals surface area contributed by atoms with Crippen LogP contribution in [0.2, 0.25) is 0 Å². The minimum absolute atomic E-state index is 0.630. The van der Waals surface area contributed by atoms with Gasteiger partial charge in [0.05, 0.1) is 19.3 Å². The number of hydrogen-bond donors (Lipinski definition) is 10. The molecule has 210 valence electrons. The van der Waals surface area contributed by atoms with Crippen LogP contribution in [0.25, 0.3) is 0 Å². The Morgan fingerprint density at radius 3 is 1.81 bits per heavy atom. The van der Waals surface area contributed by atoms with Gasteiger partial charge in [0.1, 0.15) is 67.1 Å². The number of hydrogen-bond acceptors (Lipinski definition) is 15. The van der Waals surface area contributed by atoms with Crippen LogP contribution < -0.4 is 5.32 Å². The quantitative estimate of drug-likeness (QED) is 0.147. The van der Waals surface area contributed by atoms with Gasteiger partial charge >= 0.3 is 0 Å². The maximum absolute atomic E-state index is 11.7. The van der Waals surface area contributed by atoms with Crippen LogP contribution in [0.5, 0.6) is 0 Å². The Bertz CT molecular complexity index is 729. The fourth-order valence-electron chi connectivity index (χ4n) is 4.38. The molecular formula is C20H35NO15. The van der Waals surface area contributed by atoms with Crippen molar-refractivity contribution >= 4 is 5.91 Å². The first-order chi connectivity index (χ1) is 16.9. The minimum Gasteiger partial charge on any atom is -0.394 e. The summed E-state index contributed by atoms with van der Waals surface area (Å²) in [6, 6.07) is -1.39. The normalized spacial score (nSPS) is 50.0. The smallest absolute Gasteiger partial charge is 0.217 e. The molecule has 0 saturated carbocycles. The standard InChI is InChI=1S/C20H35NO15/c1-5-10(25)16(35-20-15(30)14(29)12(27)8(4-23)34-20)17(18(31)32-5)36-19-9(21-6(2)24)13(28)11(26)7(3-22)33-19/h5,7-20,22-23,25-31H,3-4H2,1-2H3,(H,21,24)/t5?,7?,8-,9-,10-,11+,12+,13?,14?,15?,16-,17?,18+,19-,20+/m0/s1. The summed E-state index contributed by atoms with van der Waals surface area (Å²) in [6.45, 7) is 1.05. The summed E-state index contributed by atoms with van der Waals surface area (Å²) in [4.78, 5) is 11.7. The van der Waals surface area contributed by atoms with E-state index in [1.807, 2.05) is 0 Å². The van der Waals surface area contributed by atoms with E-state index in [9.17, 15) is 50.8 Å². The van der Waals surface area contributed by atoms with Gasteiger partial charge < -0.3 is 75.0 Å². The van der Waals surface area contributed by atoms with E-state index in [2.05, 4.69) is 5.32 Å². The van der Waals surface area contributed by atoms with E-state index in [0.717, 1.165) is 6.92 Å². The molecule has 15 atom stereocenters. The zero-order valence-electron chi connectivity index (χ0n) is 19.5. The Morgan fingerprint density at radius 2 is 1.25 bits per heavy atom. The highest BCUT2D eigenvalue weighted by Crippen LogP contribution is 2.32. The first-order valence-electron chi connectivity index (χ1n) is 11.4. The maximum atomic E-state index is 11.7. The molecular weight excluding hydrogens is 494 g/mol. The van der Waals surface area contributed by atoms with Crippen molar-refractivity contribution in [3.8, 4) is 0 Å².